The highest BCUT2D eigenvalue weighted by Gasteiger charge is 2.15. The van der Waals surface area contributed by atoms with Crippen molar-refractivity contribution in [2.75, 3.05) is 0 Å². The highest BCUT2D eigenvalue weighted by Crippen LogP contribution is 2.27. The van der Waals surface area contributed by atoms with E-state index in [2.05, 4.69) is 116 Å². The summed E-state index contributed by atoms with van der Waals surface area (Å²) in [5.41, 5.74) is 13.3. The van der Waals surface area contributed by atoms with Crippen LogP contribution in [-0.2, 0) is 5.41 Å². The third-order valence-corrected chi connectivity index (χ3v) is 7.36. The van der Waals surface area contributed by atoms with Gasteiger partial charge in [0.05, 0.1) is 11.9 Å². The van der Waals surface area contributed by atoms with Crippen molar-refractivity contribution in [1.29, 1.82) is 0 Å². The third kappa shape index (κ3) is 5.41. The molecule has 0 aliphatic heterocycles. The maximum Gasteiger partial charge on any atom is 0.271 e. The van der Waals surface area contributed by atoms with Crippen molar-refractivity contribution in [2.45, 2.75) is 47.0 Å². The molecule has 0 unspecified atom stereocenters. The van der Waals surface area contributed by atoms with Crippen LogP contribution < -0.4 is 5.43 Å². The van der Waals surface area contributed by atoms with Gasteiger partial charge in [0.1, 0.15) is 0 Å². The van der Waals surface area contributed by atoms with Gasteiger partial charge in [0.15, 0.2) is 0 Å². The molecule has 0 atom stereocenters. The maximum atomic E-state index is 12.8. The molecule has 5 rings (SSSR count). The van der Waals surface area contributed by atoms with E-state index in [-0.39, 0.29) is 11.3 Å². The Labute approximate surface area is 236 Å². The summed E-state index contributed by atoms with van der Waals surface area (Å²) in [6.45, 7) is 12.9. The minimum atomic E-state index is -0.248. The molecule has 0 bridgehead atoms. The lowest BCUT2D eigenvalue weighted by Crippen LogP contribution is -2.17. The topological polar surface area (TPSA) is 51.3 Å². The second-order valence-electron chi connectivity index (χ2n) is 11.3. The van der Waals surface area contributed by atoms with E-state index in [1.165, 1.54) is 5.56 Å². The molecule has 5 aromatic rings. The predicted octanol–water partition coefficient (Wildman–Crippen LogP) is 7.92. The Hall–Kier alpha value is -4.64. The molecule has 0 fully saturated rings. The first-order valence-electron chi connectivity index (χ1n) is 13.6. The van der Waals surface area contributed by atoms with Gasteiger partial charge < -0.3 is 9.13 Å². The zero-order valence-electron chi connectivity index (χ0n) is 24.1. The Balaban J connectivity index is 1.29. The molecule has 5 nitrogen and oxygen atoms in total. The molecule has 202 valence electrons. The highest BCUT2D eigenvalue weighted by atomic mass is 16.2. The molecule has 0 saturated carbocycles. The average molecular weight is 529 g/mol. The zero-order valence-corrected chi connectivity index (χ0v) is 24.1. The average Bonchev–Trinajstić information content (AvgIpc) is 3.47. The molecule has 1 N–H and O–H groups in total. The summed E-state index contributed by atoms with van der Waals surface area (Å²) in [6.07, 6.45) is 1.71. The molecule has 40 heavy (non-hydrogen) atoms. The van der Waals surface area contributed by atoms with Crippen LogP contribution in [0.25, 0.3) is 22.6 Å². The second-order valence-corrected chi connectivity index (χ2v) is 11.3. The van der Waals surface area contributed by atoms with Gasteiger partial charge in [0, 0.05) is 39.6 Å². The van der Waals surface area contributed by atoms with Crippen LogP contribution in [0.5, 0.6) is 0 Å². The fourth-order valence-corrected chi connectivity index (χ4v) is 5.13. The van der Waals surface area contributed by atoms with Crippen LogP contribution in [0.3, 0.4) is 0 Å². The number of nitrogens with zero attached hydrogens (tertiary/aromatic N) is 3. The lowest BCUT2D eigenvalue weighted by Gasteiger charge is -2.20. The Morgan fingerprint density at radius 3 is 2.02 bits per heavy atom. The molecule has 0 saturated heterocycles. The number of carbonyl (C=O) groups excluding carboxylic acids is 1. The standard InChI is InChI=1S/C35H36N4O/c1-24-12-21-33(27-10-8-7-9-11-27)39(24)32-17-13-28(14-18-32)34(40)37-36-23-29-22-25(2)38(26(29)3)31-19-15-30(16-20-31)35(4,5)6/h7-23H,1-6H3,(H,37,40)/b36-23+. The van der Waals surface area contributed by atoms with E-state index in [9.17, 15) is 4.79 Å². The summed E-state index contributed by atoms with van der Waals surface area (Å²) >= 11 is 0. The molecule has 2 aromatic heterocycles. The molecule has 0 radical (unpaired) electrons. The van der Waals surface area contributed by atoms with Crippen molar-refractivity contribution in [1.82, 2.24) is 14.6 Å². The van der Waals surface area contributed by atoms with Gasteiger partial charge in [-0.15, -0.1) is 0 Å². The van der Waals surface area contributed by atoms with E-state index < -0.39 is 0 Å². The molecular formula is C35H36N4O. The summed E-state index contributed by atoms with van der Waals surface area (Å²) in [7, 11) is 0. The highest BCUT2D eigenvalue weighted by molar-refractivity contribution is 5.95. The fraction of sp³-hybridized carbons (Fsp3) is 0.200. The normalized spacial score (nSPS) is 11.8. The van der Waals surface area contributed by atoms with Crippen molar-refractivity contribution >= 4 is 12.1 Å². The largest absolute Gasteiger partial charge is 0.318 e. The van der Waals surface area contributed by atoms with Gasteiger partial charge in [-0.25, -0.2) is 5.43 Å². The molecule has 5 heteroatoms. The van der Waals surface area contributed by atoms with Crippen LogP contribution in [0.2, 0.25) is 0 Å². The number of hydrogen-bond donors (Lipinski definition) is 1. The number of rotatable bonds is 6. The molecule has 0 aliphatic carbocycles. The van der Waals surface area contributed by atoms with Crippen LogP contribution in [0.1, 0.15) is 59.3 Å². The number of benzene rings is 3. The lowest BCUT2D eigenvalue weighted by molar-refractivity contribution is 0.0955. The smallest absolute Gasteiger partial charge is 0.271 e. The summed E-state index contributed by atoms with van der Waals surface area (Å²) in [5.74, 6) is -0.248. The zero-order chi connectivity index (χ0) is 28.4. The van der Waals surface area contributed by atoms with Gasteiger partial charge in [-0.2, -0.15) is 5.10 Å². The number of aromatic nitrogens is 2. The monoisotopic (exact) mass is 528 g/mol. The lowest BCUT2D eigenvalue weighted by atomic mass is 9.87. The Morgan fingerprint density at radius 2 is 1.38 bits per heavy atom. The molecular weight excluding hydrogens is 492 g/mol. The van der Waals surface area contributed by atoms with E-state index in [0.717, 1.165) is 45.3 Å². The van der Waals surface area contributed by atoms with Gasteiger partial charge in [0.25, 0.3) is 5.91 Å². The van der Waals surface area contributed by atoms with Crippen LogP contribution >= 0.6 is 0 Å². The number of nitrogens with one attached hydrogen (secondary N) is 1. The van der Waals surface area contributed by atoms with E-state index in [1.807, 2.05) is 42.5 Å². The van der Waals surface area contributed by atoms with Crippen LogP contribution in [-0.4, -0.2) is 21.3 Å². The number of amides is 1. The first-order valence-corrected chi connectivity index (χ1v) is 13.6. The second kappa shape index (κ2) is 10.9. The minimum Gasteiger partial charge on any atom is -0.318 e. The van der Waals surface area contributed by atoms with E-state index >= 15 is 0 Å². The minimum absolute atomic E-state index is 0.113. The Bertz CT molecular complexity index is 1660. The molecule has 0 spiro atoms. The van der Waals surface area contributed by atoms with Gasteiger partial charge in [-0.3, -0.25) is 4.79 Å². The predicted molar refractivity (Wildman–Crippen MR) is 165 cm³/mol. The maximum absolute atomic E-state index is 12.8. The molecule has 3 aromatic carbocycles. The fourth-order valence-electron chi connectivity index (χ4n) is 5.13. The number of hydrogen-bond acceptors (Lipinski definition) is 2. The van der Waals surface area contributed by atoms with E-state index in [4.69, 9.17) is 0 Å². The summed E-state index contributed by atoms with van der Waals surface area (Å²) < 4.78 is 4.41. The van der Waals surface area contributed by atoms with Gasteiger partial charge in [0.2, 0.25) is 0 Å². The SMILES string of the molecule is Cc1ccc(-c2ccccc2)n1-c1ccc(C(=O)N/N=C/c2cc(C)n(-c3ccc(C(C)(C)C)cc3)c2C)cc1. The van der Waals surface area contributed by atoms with Crippen LogP contribution in [0.4, 0.5) is 0 Å². The van der Waals surface area contributed by atoms with Crippen molar-refractivity contribution < 1.29 is 4.79 Å². The quantitative estimate of drug-likeness (QED) is 0.177. The first kappa shape index (κ1) is 26.9. The van der Waals surface area contributed by atoms with Gasteiger partial charge in [-0.1, -0.05) is 63.2 Å². The molecule has 1 amide bonds. The van der Waals surface area contributed by atoms with E-state index in [1.54, 1.807) is 6.21 Å². The third-order valence-electron chi connectivity index (χ3n) is 7.36. The van der Waals surface area contributed by atoms with Crippen LogP contribution in [0.15, 0.2) is 102 Å². The van der Waals surface area contributed by atoms with Crippen molar-refractivity contribution in [3.63, 3.8) is 0 Å². The number of aryl methyl sites for hydroxylation is 2. The molecule has 0 aliphatic rings. The van der Waals surface area contributed by atoms with Crippen molar-refractivity contribution in [2.24, 2.45) is 5.10 Å². The Kier molecular flexibility index (Phi) is 7.31. The van der Waals surface area contributed by atoms with E-state index in [0.29, 0.717) is 5.56 Å². The first-order chi connectivity index (χ1) is 19.1. The number of hydrazone groups is 1. The van der Waals surface area contributed by atoms with Gasteiger partial charge >= 0.3 is 0 Å². The molecule has 2 heterocycles. The summed E-state index contributed by atoms with van der Waals surface area (Å²) in [6, 6.07) is 32.9. The summed E-state index contributed by atoms with van der Waals surface area (Å²) in [4.78, 5) is 12.8. The van der Waals surface area contributed by atoms with Crippen LogP contribution in [0, 0.1) is 20.8 Å². The Morgan fingerprint density at radius 1 is 0.750 bits per heavy atom. The summed E-state index contributed by atoms with van der Waals surface area (Å²) in [5, 5.41) is 4.27. The van der Waals surface area contributed by atoms with Crippen molar-refractivity contribution in [3.8, 4) is 22.6 Å². The number of carbonyl (C=O) groups is 1. The van der Waals surface area contributed by atoms with Gasteiger partial charge in [-0.05, 0) is 91.9 Å². The van der Waals surface area contributed by atoms with Crippen molar-refractivity contribution in [3.05, 3.63) is 131 Å².